The Morgan fingerprint density at radius 3 is 2.63 bits per heavy atom. The van der Waals surface area contributed by atoms with Crippen molar-refractivity contribution >= 4 is 23.2 Å². The van der Waals surface area contributed by atoms with Gasteiger partial charge in [-0.1, -0.05) is 19.9 Å². The van der Waals surface area contributed by atoms with E-state index in [1.165, 1.54) is 11.3 Å². The summed E-state index contributed by atoms with van der Waals surface area (Å²) in [5.41, 5.74) is 1.43. The average molecular weight is 388 g/mol. The molecule has 3 rings (SSSR count). The van der Waals surface area contributed by atoms with E-state index < -0.39 is 0 Å². The molecule has 0 fully saturated rings. The fourth-order valence-corrected chi connectivity index (χ4v) is 3.40. The summed E-state index contributed by atoms with van der Waals surface area (Å²) in [5.74, 6) is 1.26. The number of rotatable bonds is 7. The highest BCUT2D eigenvalue weighted by atomic mass is 32.1. The molecule has 0 saturated carbocycles. The molecule has 1 aliphatic heterocycles. The molecule has 2 aromatic rings. The van der Waals surface area contributed by atoms with Gasteiger partial charge in [-0.05, 0) is 29.1 Å². The van der Waals surface area contributed by atoms with Gasteiger partial charge in [0.1, 0.15) is 13.2 Å². The van der Waals surface area contributed by atoms with Gasteiger partial charge < -0.3 is 20.1 Å². The van der Waals surface area contributed by atoms with Gasteiger partial charge in [0.25, 0.3) is 5.91 Å². The first-order valence-electron chi connectivity index (χ1n) is 8.93. The van der Waals surface area contributed by atoms with Crippen LogP contribution in [0.25, 0.3) is 0 Å². The fraction of sp³-hybridized carbons (Fsp3) is 0.400. The number of carbonyl (C=O) groups excluding carboxylic acids is 2. The Morgan fingerprint density at radius 2 is 1.89 bits per heavy atom. The number of thiophene rings is 1. The first-order valence-corrected chi connectivity index (χ1v) is 9.87. The molecule has 27 heavy (non-hydrogen) atoms. The molecule has 0 unspecified atom stereocenters. The van der Waals surface area contributed by atoms with E-state index in [0.717, 1.165) is 17.1 Å². The van der Waals surface area contributed by atoms with E-state index in [1.54, 1.807) is 11.4 Å². The summed E-state index contributed by atoms with van der Waals surface area (Å²) >= 11 is 1.47. The van der Waals surface area contributed by atoms with E-state index in [0.29, 0.717) is 31.9 Å². The van der Waals surface area contributed by atoms with Gasteiger partial charge >= 0.3 is 0 Å². The molecule has 0 spiro atoms. The minimum atomic E-state index is -0.259. The fourth-order valence-electron chi connectivity index (χ4n) is 2.76. The first kappa shape index (κ1) is 19.2. The van der Waals surface area contributed by atoms with Crippen LogP contribution in [0.3, 0.4) is 0 Å². The Labute approximate surface area is 162 Å². The van der Waals surface area contributed by atoms with Gasteiger partial charge in [0.05, 0.1) is 0 Å². The van der Waals surface area contributed by atoms with Crippen molar-refractivity contribution in [1.82, 2.24) is 10.6 Å². The molecule has 1 aromatic carbocycles. The van der Waals surface area contributed by atoms with Crippen LogP contribution < -0.4 is 20.1 Å². The lowest BCUT2D eigenvalue weighted by Crippen LogP contribution is -2.38. The number of nitrogens with one attached hydrogen (secondary N) is 2. The second-order valence-corrected chi connectivity index (χ2v) is 7.82. The summed E-state index contributed by atoms with van der Waals surface area (Å²) < 4.78 is 11.2. The van der Waals surface area contributed by atoms with Gasteiger partial charge in [-0.15, -0.1) is 0 Å². The molecule has 144 valence electrons. The molecule has 0 aliphatic carbocycles. The number of hydrogen-bond donors (Lipinski definition) is 2. The lowest BCUT2D eigenvalue weighted by molar-refractivity contribution is -0.121. The van der Waals surface area contributed by atoms with Crippen molar-refractivity contribution in [2.45, 2.75) is 25.7 Å². The van der Waals surface area contributed by atoms with Gasteiger partial charge in [-0.2, -0.15) is 11.3 Å². The summed E-state index contributed by atoms with van der Waals surface area (Å²) in [6.45, 7) is 6.04. The zero-order chi connectivity index (χ0) is 19.3. The lowest BCUT2D eigenvalue weighted by atomic mass is 9.84. The quantitative estimate of drug-likeness (QED) is 0.765. The van der Waals surface area contributed by atoms with E-state index >= 15 is 0 Å². The molecule has 0 saturated heterocycles. The minimum Gasteiger partial charge on any atom is -0.486 e. The van der Waals surface area contributed by atoms with E-state index in [-0.39, 0.29) is 23.7 Å². The van der Waals surface area contributed by atoms with E-state index in [1.807, 2.05) is 23.6 Å². The van der Waals surface area contributed by atoms with Crippen molar-refractivity contribution in [2.75, 3.05) is 26.3 Å². The summed E-state index contributed by atoms with van der Waals surface area (Å²) in [4.78, 5) is 24.0. The molecule has 1 aromatic heterocycles. The highest BCUT2D eigenvalue weighted by Crippen LogP contribution is 2.34. The summed E-state index contributed by atoms with van der Waals surface area (Å²) in [7, 11) is 0. The third kappa shape index (κ3) is 5.01. The van der Waals surface area contributed by atoms with Crippen molar-refractivity contribution < 1.29 is 19.1 Å². The molecule has 2 heterocycles. The van der Waals surface area contributed by atoms with Gasteiger partial charge in [0.2, 0.25) is 5.91 Å². The maximum Gasteiger partial charge on any atom is 0.252 e. The Kier molecular flexibility index (Phi) is 6.01. The normalized spacial score (nSPS) is 13.1. The molecule has 0 bridgehead atoms. The van der Waals surface area contributed by atoms with Crippen molar-refractivity contribution in [3.05, 3.63) is 46.2 Å². The number of amides is 2. The van der Waals surface area contributed by atoms with Crippen LogP contribution in [-0.4, -0.2) is 38.1 Å². The highest BCUT2D eigenvalue weighted by Gasteiger charge is 2.24. The molecule has 6 nitrogen and oxygen atoms in total. The second kappa shape index (κ2) is 8.43. The topological polar surface area (TPSA) is 76.7 Å². The summed E-state index contributed by atoms with van der Waals surface area (Å²) in [6.07, 6.45) is 0.243. The Balaban J connectivity index is 1.46. The van der Waals surface area contributed by atoms with Crippen LogP contribution in [0.1, 0.15) is 36.2 Å². The van der Waals surface area contributed by atoms with Gasteiger partial charge in [-0.25, -0.2) is 0 Å². The Hall–Kier alpha value is -2.54. The SMILES string of the molecule is CC(C)(CNC(=O)CCNC(=O)c1ccsc1)c1ccc2c(c1)OCCO2. The summed E-state index contributed by atoms with van der Waals surface area (Å²) in [5, 5.41) is 9.34. The Bertz CT molecular complexity index is 802. The van der Waals surface area contributed by atoms with Crippen LogP contribution in [0.15, 0.2) is 35.0 Å². The molecule has 2 N–H and O–H groups in total. The number of fused-ring (bicyclic) bond motifs is 1. The second-order valence-electron chi connectivity index (χ2n) is 7.04. The van der Waals surface area contributed by atoms with Crippen LogP contribution in [0.4, 0.5) is 0 Å². The predicted molar refractivity (Wildman–Crippen MR) is 105 cm³/mol. The third-order valence-corrected chi connectivity index (χ3v) is 5.16. The number of hydrogen-bond acceptors (Lipinski definition) is 5. The van der Waals surface area contributed by atoms with Gasteiger partial charge in [-0.3, -0.25) is 9.59 Å². The number of benzene rings is 1. The predicted octanol–water partition coefficient (Wildman–Crippen LogP) is 2.73. The van der Waals surface area contributed by atoms with Crippen LogP contribution >= 0.6 is 11.3 Å². The zero-order valence-electron chi connectivity index (χ0n) is 15.5. The summed E-state index contributed by atoms with van der Waals surface area (Å²) in [6, 6.07) is 7.64. The molecule has 0 atom stereocenters. The third-order valence-electron chi connectivity index (χ3n) is 4.47. The molecule has 2 amide bonds. The first-order chi connectivity index (χ1) is 13.0. The maximum absolute atomic E-state index is 12.1. The van der Waals surface area contributed by atoms with Crippen molar-refractivity contribution in [3.63, 3.8) is 0 Å². The average Bonchev–Trinajstić information content (AvgIpc) is 3.21. The molecule has 7 heteroatoms. The maximum atomic E-state index is 12.1. The number of carbonyl (C=O) groups is 2. The van der Waals surface area contributed by atoms with Crippen LogP contribution in [0, 0.1) is 0 Å². The molecular formula is C20H24N2O4S. The number of ether oxygens (including phenoxy) is 2. The monoisotopic (exact) mass is 388 g/mol. The van der Waals surface area contributed by atoms with Gasteiger partial charge in [0, 0.05) is 35.9 Å². The van der Waals surface area contributed by atoms with E-state index in [9.17, 15) is 9.59 Å². The standard InChI is InChI=1S/C20H24N2O4S/c1-20(2,15-3-4-16-17(11-15)26-9-8-25-16)13-22-18(23)5-7-21-19(24)14-6-10-27-12-14/h3-4,6,10-12H,5,7-9,13H2,1-2H3,(H,21,24)(H,22,23). The smallest absolute Gasteiger partial charge is 0.252 e. The largest absolute Gasteiger partial charge is 0.486 e. The van der Waals surface area contributed by atoms with Crippen LogP contribution in [0.2, 0.25) is 0 Å². The molecule has 0 radical (unpaired) electrons. The highest BCUT2D eigenvalue weighted by molar-refractivity contribution is 7.08. The van der Waals surface area contributed by atoms with Crippen molar-refractivity contribution in [3.8, 4) is 11.5 Å². The lowest BCUT2D eigenvalue weighted by Gasteiger charge is -2.28. The molecular weight excluding hydrogens is 364 g/mol. The van der Waals surface area contributed by atoms with Crippen molar-refractivity contribution in [2.24, 2.45) is 0 Å². The van der Waals surface area contributed by atoms with E-state index in [2.05, 4.69) is 24.5 Å². The van der Waals surface area contributed by atoms with Crippen LogP contribution in [0.5, 0.6) is 11.5 Å². The molecule has 1 aliphatic rings. The Morgan fingerprint density at radius 1 is 1.11 bits per heavy atom. The zero-order valence-corrected chi connectivity index (χ0v) is 16.4. The van der Waals surface area contributed by atoms with Crippen molar-refractivity contribution in [1.29, 1.82) is 0 Å². The van der Waals surface area contributed by atoms with Gasteiger partial charge in [0.15, 0.2) is 11.5 Å². The van der Waals surface area contributed by atoms with E-state index in [4.69, 9.17) is 9.47 Å². The van der Waals surface area contributed by atoms with Crippen LogP contribution in [-0.2, 0) is 10.2 Å². The minimum absolute atomic E-state index is 0.0914.